The third kappa shape index (κ3) is 4.35. The zero-order chi connectivity index (χ0) is 12.1. The topological polar surface area (TPSA) is 44.3 Å². The average Bonchev–Trinajstić information content (AvgIpc) is 2.20. The Morgan fingerprint density at radius 3 is 2.88 bits per heavy atom. The molecule has 1 aromatic rings. The maximum absolute atomic E-state index is 9.10. The van der Waals surface area contributed by atoms with E-state index in [-0.39, 0.29) is 0 Å². The second-order valence-electron chi connectivity index (χ2n) is 3.64. The Balaban J connectivity index is 2.59. The zero-order valence-electron chi connectivity index (χ0n) is 9.25. The summed E-state index contributed by atoms with van der Waals surface area (Å²) in [7, 11) is 0. The molecule has 0 fully saturated rings. The van der Waals surface area contributed by atoms with Gasteiger partial charge in [0.05, 0.1) is 6.10 Å². The maximum Gasteiger partial charge on any atom is 0.170 e. The van der Waals surface area contributed by atoms with E-state index in [0.717, 1.165) is 11.3 Å². The van der Waals surface area contributed by atoms with Gasteiger partial charge in [-0.15, -0.1) is 0 Å². The van der Waals surface area contributed by atoms with Crippen molar-refractivity contribution in [2.24, 2.45) is 0 Å². The van der Waals surface area contributed by atoms with Gasteiger partial charge in [-0.1, -0.05) is 17.7 Å². The fraction of sp³-hybridized carbons (Fsp3) is 0.364. The van der Waals surface area contributed by atoms with E-state index in [0.29, 0.717) is 16.7 Å². The Bertz CT molecular complexity index is 382. The molecular formula is C11H15ClN2OS. The molecule has 3 nitrogen and oxygen atoms in total. The number of aryl methyl sites for hydroxylation is 1. The quantitative estimate of drug-likeness (QED) is 0.728. The molecule has 0 aliphatic rings. The molecular weight excluding hydrogens is 244 g/mol. The Morgan fingerprint density at radius 1 is 1.56 bits per heavy atom. The summed E-state index contributed by atoms with van der Waals surface area (Å²) in [5.74, 6) is 0. The summed E-state index contributed by atoms with van der Waals surface area (Å²) in [6, 6.07) is 5.56. The first-order chi connectivity index (χ1) is 7.49. The highest BCUT2D eigenvalue weighted by atomic mass is 35.5. The first-order valence-corrected chi connectivity index (χ1v) is 5.76. The van der Waals surface area contributed by atoms with Gasteiger partial charge in [-0.25, -0.2) is 0 Å². The van der Waals surface area contributed by atoms with Crippen LogP contribution in [0.15, 0.2) is 18.2 Å². The molecule has 1 atom stereocenters. The lowest BCUT2D eigenvalue weighted by atomic mass is 10.2. The van der Waals surface area contributed by atoms with Crippen molar-refractivity contribution in [2.45, 2.75) is 20.0 Å². The van der Waals surface area contributed by atoms with Gasteiger partial charge < -0.3 is 15.7 Å². The molecule has 0 unspecified atom stereocenters. The van der Waals surface area contributed by atoms with Crippen LogP contribution in [-0.4, -0.2) is 22.9 Å². The summed E-state index contributed by atoms with van der Waals surface area (Å²) >= 11 is 11.0. The van der Waals surface area contributed by atoms with E-state index in [4.69, 9.17) is 28.9 Å². The number of aliphatic hydroxyl groups excluding tert-OH is 1. The van der Waals surface area contributed by atoms with Crippen LogP contribution in [0, 0.1) is 6.92 Å². The van der Waals surface area contributed by atoms with Gasteiger partial charge in [-0.05, 0) is 43.8 Å². The number of aliphatic hydroxyl groups is 1. The number of rotatable bonds is 3. The number of benzene rings is 1. The fourth-order valence-electron chi connectivity index (χ4n) is 1.14. The smallest absolute Gasteiger partial charge is 0.170 e. The van der Waals surface area contributed by atoms with Crippen LogP contribution in [-0.2, 0) is 0 Å². The largest absolute Gasteiger partial charge is 0.392 e. The Labute approximate surface area is 106 Å². The molecule has 0 heterocycles. The normalized spacial score (nSPS) is 12.0. The van der Waals surface area contributed by atoms with Gasteiger partial charge in [-0.3, -0.25) is 0 Å². The monoisotopic (exact) mass is 258 g/mol. The van der Waals surface area contributed by atoms with E-state index in [1.807, 2.05) is 25.1 Å². The minimum Gasteiger partial charge on any atom is -0.392 e. The highest BCUT2D eigenvalue weighted by Gasteiger charge is 2.02. The summed E-state index contributed by atoms with van der Waals surface area (Å²) in [6.45, 7) is 4.08. The van der Waals surface area contributed by atoms with Gasteiger partial charge in [0, 0.05) is 17.3 Å². The number of hydrogen-bond acceptors (Lipinski definition) is 2. The minimum absolute atomic E-state index is 0.422. The molecule has 0 aliphatic heterocycles. The van der Waals surface area contributed by atoms with Crippen molar-refractivity contribution < 1.29 is 5.11 Å². The SMILES string of the molecule is Cc1ccc(Cl)cc1NC(=S)NC[C@@H](C)O. The van der Waals surface area contributed by atoms with E-state index in [9.17, 15) is 0 Å². The molecule has 0 aromatic heterocycles. The van der Waals surface area contributed by atoms with Crippen LogP contribution >= 0.6 is 23.8 Å². The third-order valence-electron chi connectivity index (χ3n) is 2.01. The van der Waals surface area contributed by atoms with Crippen LogP contribution in [0.1, 0.15) is 12.5 Å². The number of thiocarbonyl (C=S) groups is 1. The molecule has 0 radical (unpaired) electrons. The van der Waals surface area contributed by atoms with Gasteiger partial charge in [0.2, 0.25) is 0 Å². The highest BCUT2D eigenvalue weighted by Crippen LogP contribution is 2.19. The summed E-state index contributed by atoms with van der Waals surface area (Å²) in [5, 5.41) is 16.2. The lowest BCUT2D eigenvalue weighted by Crippen LogP contribution is -2.34. The van der Waals surface area contributed by atoms with Crippen LogP contribution in [0.5, 0.6) is 0 Å². The second kappa shape index (κ2) is 6.03. The van der Waals surface area contributed by atoms with Crippen LogP contribution < -0.4 is 10.6 Å². The van der Waals surface area contributed by atoms with Crippen LogP contribution in [0.3, 0.4) is 0 Å². The van der Waals surface area contributed by atoms with Crippen molar-refractivity contribution in [3.05, 3.63) is 28.8 Å². The van der Waals surface area contributed by atoms with E-state index >= 15 is 0 Å². The molecule has 3 N–H and O–H groups in total. The standard InChI is InChI=1S/C11H15ClN2OS/c1-7-3-4-9(12)5-10(7)14-11(16)13-6-8(2)15/h3-5,8,15H,6H2,1-2H3,(H2,13,14,16)/t8-/m1/s1. The first kappa shape index (κ1) is 13.2. The second-order valence-corrected chi connectivity index (χ2v) is 4.49. The fourth-order valence-corrected chi connectivity index (χ4v) is 1.50. The van der Waals surface area contributed by atoms with Crippen molar-refractivity contribution in [3.8, 4) is 0 Å². The summed E-state index contributed by atoms with van der Waals surface area (Å²) < 4.78 is 0. The lowest BCUT2D eigenvalue weighted by Gasteiger charge is -2.13. The predicted molar refractivity (Wildman–Crippen MR) is 72.1 cm³/mol. The molecule has 16 heavy (non-hydrogen) atoms. The van der Waals surface area contributed by atoms with Crippen LogP contribution in [0.2, 0.25) is 5.02 Å². The highest BCUT2D eigenvalue weighted by molar-refractivity contribution is 7.80. The van der Waals surface area contributed by atoms with E-state index in [1.54, 1.807) is 6.92 Å². The molecule has 5 heteroatoms. The molecule has 0 aliphatic carbocycles. The first-order valence-electron chi connectivity index (χ1n) is 4.98. The Morgan fingerprint density at radius 2 is 2.25 bits per heavy atom. The molecule has 88 valence electrons. The van der Waals surface area contributed by atoms with Crippen LogP contribution in [0.4, 0.5) is 5.69 Å². The third-order valence-corrected chi connectivity index (χ3v) is 2.49. The van der Waals surface area contributed by atoms with Crippen molar-refractivity contribution in [2.75, 3.05) is 11.9 Å². The number of halogens is 1. The molecule has 0 saturated carbocycles. The van der Waals surface area contributed by atoms with E-state index in [2.05, 4.69) is 10.6 Å². The number of nitrogens with one attached hydrogen (secondary N) is 2. The van der Waals surface area contributed by atoms with Gasteiger partial charge >= 0.3 is 0 Å². The van der Waals surface area contributed by atoms with Crippen LogP contribution in [0.25, 0.3) is 0 Å². The Kier molecular flexibility index (Phi) is 4.99. The number of hydrogen-bond donors (Lipinski definition) is 3. The molecule has 1 aromatic carbocycles. The predicted octanol–water partition coefficient (Wildman–Crippen LogP) is 2.32. The summed E-state index contributed by atoms with van der Waals surface area (Å²) in [6.07, 6.45) is -0.430. The van der Waals surface area contributed by atoms with Crippen molar-refractivity contribution in [1.82, 2.24) is 5.32 Å². The van der Waals surface area contributed by atoms with Crippen molar-refractivity contribution >= 4 is 34.6 Å². The zero-order valence-corrected chi connectivity index (χ0v) is 10.8. The minimum atomic E-state index is -0.430. The summed E-state index contributed by atoms with van der Waals surface area (Å²) in [4.78, 5) is 0. The maximum atomic E-state index is 9.10. The van der Waals surface area contributed by atoms with Crippen molar-refractivity contribution in [1.29, 1.82) is 0 Å². The van der Waals surface area contributed by atoms with E-state index < -0.39 is 6.10 Å². The molecule has 0 spiro atoms. The molecule has 0 bridgehead atoms. The lowest BCUT2D eigenvalue weighted by molar-refractivity contribution is 0.198. The van der Waals surface area contributed by atoms with Gasteiger partial charge in [0.1, 0.15) is 0 Å². The van der Waals surface area contributed by atoms with Gasteiger partial charge in [0.25, 0.3) is 0 Å². The van der Waals surface area contributed by atoms with Gasteiger partial charge in [0.15, 0.2) is 5.11 Å². The Hall–Kier alpha value is -0.840. The van der Waals surface area contributed by atoms with E-state index in [1.165, 1.54) is 0 Å². The molecule has 0 saturated heterocycles. The average molecular weight is 259 g/mol. The van der Waals surface area contributed by atoms with Crippen molar-refractivity contribution in [3.63, 3.8) is 0 Å². The van der Waals surface area contributed by atoms with Gasteiger partial charge in [-0.2, -0.15) is 0 Å². The summed E-state index contributed by atoms with van der Waals surface area (Å²) in [5.41, 5.74) is 1.93. The molecule has 1 rings (SSSR count). The number of anilines is 1. The molecule has 0 amide bonds.